The lowest BCUT2D eigenvalue weighted by atomic mass is 9.70. The van der Waals surface area contributed by atoms with Gasteiger partial charge in [0.1, 0.15) is 0 Å². The summed E-state index contributed by atoms with van der Waals surface area (Å²) < 4.78 is 0. The largest absolute Gasteiger partial charge is 0.0725 e. The lowest BCUT2D eigenvalue weighted by Gasteiger charge is -2.30. The Morgan fingerprint density at radius 3 is 1.61 bits per heavy atom. The molecule has 0 aromatic heterocycles. The van der Waals surface area contributed by atoms with E-state index in [2.05, 4.69) is 123 Å². The molecule has 2 aliphatic rings. The standard InChI is InChI=1S/C33H24/c1-21-17-19-23(20-18-21)24-12-8-16-30-32(24)31-22(2)9-7-15-29(31)33(30)27-13-5-3-10-25(27)26-11-4-6-14-28(26)33/h3-20H,1-2H3. The summed E-state index contributed by atoms with van der Waals surface area (Å²) in [6.45, 7) is 4.42. The van der Waals surface area contributed by atoms with Crippen molar-refractivity contribution in [2.24, 2.45) is 0 Å². The van der Waals surface area contributed by atoms with Crippen LogP contribution < -0.4 is 0 Å². The zero-order chi connectivity index (χ0) is 22.2. The van der Waals surface area contributed by atoms with Gasteiger partial charge in [-0.05, 0) is 75.0 Å². The third-order valence-corrected chi connectivity index (χ3v) is 7.71. The molecule has 0 saturated carbocycles. The quantitative estimate of drug-likeness (QED) is 0.250. The lowest BCUT2D eigenvalue weighted by Crippen LogP contribution is -2.25. The van der Waals surface area contributed by atoms with Gasteiger partial charge in [0.25, 0.3) is 0 Å². The molecule has 0 saturated heterocycles. The minimum atomic E-state index is -0.273. The summed E-state index contributed by atoms with van der Waals surface area (Å²) in [6, 6.07) is 40.8. The van der Waals surface area contributed by atoms with Gasteiger partial charge in [-0.2, -0.15) is 0 Å². The van der Waals surface area contributed by atoms with Crippen LogP contribution in [-0.4, -0.2) is 0 Å². The Kier molecular flexibility index (Phi) is 3.71. The first-order valence-corrected chi connectivity index (χ1v) is 11.7. The fourth-order valence-corrected chi connectivity index (χ4v) is 6.38. The van der Waals surface area contributed by atoms with Gasteiger partial charge in [-0.15, -0.1) is 0 Å². The highest BCUT2D eigenvalue weighted by Gasteiger charge is 2.52. The van der Waals surface area contributed by atoms with Crippen LogP contribution in [0.15, 0.2) is 109 Å². The van der Waals surface area contributed by atoms with Gasteiger partial charge in [0, 0.05) is 0 Å². The van der Waals surface area contributed by atoms with Crippen molar-refractivity contribution < 1.29 is 0 Å². The Labute approximate surface area is 195 Å². The number of aryl methyl sites for hydroxylation is 2. The fraction of sp³-hybridized carbons (Fsp3) is 0.0909. The minimum Gasteiger partial charge on any atom is -0.0619 e. The molecule has 0 heteroatoms. The summed E-state index contributed by atoms with van der Waals surface area (Å²) in [5, 5.41) is 0. The van der Waals surface area contributed by atoms with Crippen LogP contribution >= 0.6 is 0 Å². The van der Waals surface area contributed by atoms with Crippen LogP contribution in [0.4, 0.5) is 0 Å². The van der Waals surface area contributed by atoms with Gasteiger partial charge in [-0.1, -0.05) is 115 Å². The first-order chi connectivity index (χ1) is 16.2. The molecule has 33 heavy (non-hydrogen) atoms. The van der Waals surface area contributed by atoms with Gasteiger partial charge in [-0.25, -0.2) is 0 Å². The Balaban J connectivity index is 1.68. The maximum Gasteiger partial charge on any atom is 0.0725 e. The monoisotopic (exact) mass is 420 g/mol. The van der Waals surface area contributed by atoms with E-state index in [4.69, 9.17) is 0 Å². The van der Waals surface area contributed by atoms with Gasteiger partial charge in [0.2, 0.25) is 0 Å². The average molecular weight is 421 g/mol. The molecule has 0 N–H and O–H groups in total. The van der Waals surface area contributed by atoms with E-state index < -0.39 is 0 Å². The van der Waals surface area contributed by atoms with E-state index in [0.29, 0.717) is 0 Å². The van der Waals surface area contributed by atoms with Crippen molar-refractivity contribution in [3.05, 3.63) is 143 Å². The molecule has 0 nitrogen and oxygen atoms in total. The summed E-state index contributed by atoms with van der Waals surface area (Å²) in [5.74, 6) is 0. The van der Waals surface area contributed by atoms with Gasteiger partial charge < -0.3 is 0 Å². The van der Waals surface area contributed by atoms with Crippen LogP contribution in [-0.2, 0) is 5.41 Å². The zero-order valence-corrected chi connectivity index (χ0v) is 18.9. The second kappa shape index (κ2) is 6.56. The maximum atomic E-state index is 2.37. The van der Waals surface area contributed by atoms with Crippen molar-refractivity contribution in [3.63, 3.8) is 0 Å². The van der Waals surface area contributed by atoms with Crippen LogP contribution in [0, 0.1) is 13.8 Å². The molecule has 5 aromatic rings. The zero-order valence-electron chi connectivity index (χ0n) is 18.9. The van der Waals surface area contributed by atoms with Crippen molar-refractivity contribution in [2.45, 2.75) is 19.3 Å². The number of rotatable bonds is 1. The molecular formula is C33H24. The minimum absolute atomic E-state index is 0.273. The van der Waals surface area contributed by atoms with E-state index >= 15 is 0 Å². The van der Waals surface area contributed by atoms with E-state index in [0.717, 1.165) is 0 Å². The van der Waals surface area contributed by atoms with Crippen molar-refractivity contribution in [2.75, 3.05) is 0 Å². The molecule has 5 aromatic carbocycles. The van der Waals surface area contributed by atoms with E-state index in [1.807, 2.05) is 0 Å². The Bertz CT molecular complexity index is 1520. The Morgan fingerprint density at radius 1 is 0.424 bits per heavy atom. The topological polar surface area (TPSA) is 0 Å². The molecule has 0 amide bonds. The second-order valence-corrected chi connectivity index (χ2v) is 9.43. The fourth-order valence-electron chi connectivity index (χ4n) is 6.38. The van der Waals surface area contributed by atoms with Crippen molar-refractivity contribution in [1.29, 1.82) is 0 Å². The summed E-state index contributed by atoms with van der Waals surface area (Å²) in [4.78, 5) is 0. The molecule has 1 spiro atoms. The predicted molar refractivity (Wildman–Crippen MR) is 138 cm³/mol. The van der Waals surface area contributed by atoms with Gasteiger partial charge in [0.15, 0.2) is 0 Å². The van der Waals surface area contributed by atoms with Crippen LogP contribution in [0.5, 0.6) is 0 Å². The Morgan fingerprint density at radius 2 is 0.939 bits per heavy atom. The van der Waals surface area contributed by atoms with Gasteiger partial charge in [-0.3, -0.25) is 0 Å². The van der Waals surface area contributed by atoms with Crippen LogP contribution in [0.1, 0.15) is 33.4 Å². The van der Waals surface area contributed by atoms with E-state index in [-0.39, 0.29) is 5.41 Å². The highest BCUT2D eigenvalue weighted by atomic mass is 14.5. The molecule has 0 bridgehead atoms. The van der Waals surface area contributed by atoms with E-state index in [9.17, 15) is 0 Å². The smallest absolute Gasteiger partial charge is 0.0619 e. The molecule has 0 radical (unpaired) electrons. The maximum absolute atomic E-state index is 2.37. The summed E-state index contributed by atoms with van der Waals surface area (Å²) >= 11 is 0. The molecule has 0 heterocycles. The van der Waals surface area contributed by atoms with Gasteiger partial charge >= 0.3 is 0 Å². The molecule has 2 aliphatic carbocycles. The normalized spacial score (nSPS) is 14.0. The first-order valence-electron chi connectivity index (χ1n) is 11.7. The highest BCUT2D eigenvalue weighted by molar-refractivity contribution is 6.00. The van der Waals surface area contributed by atoms with Crippen molar-refractivity contribution >= 4 is 0 Å². The van der Waals surface area contributed by atoms with Gasteiger partial charge in [0.05, 0.1) is 5.41 Å². The summed E-state index contributed by atoms with van der Waals surface area (Å²) in [7, 11) is 0. The number of hydrogen-bond donors (Lipinski definition) is 0. The molecule has 156 valence electrons. The summed E-state index contributed by atoms with van der Waals surface area (Å²) in [5.41, 5.74) is 16.1. The Hall–Kier alpha value is -3.90. The average Bonchev–Trinajstić information content (AvgIpc) is 3.33. The lowest BCUT2D eigenvalue weighted by molar-refractivity contribution is 0.793. The van der Waals surface area contributed by atoms with Crippen LogP contribution in [0.2, 0.25) is 0 Å². The number of benzene rings is 5. The van der Waals surface area contributed by atoms with E-state index in [1.165, 1.54) is 66.8 Å². The molecule has 0 fully saturated rings. The van der Waals surface area contributed by atoms with Crippen LogP contribution in [0.3, 0.4) is 0 Å². The molecular weight excluding hydrogens is 396 g/mol. The second-order valence-electron chi connectivity index (χ2n) is 9.43. The van der Waals surface area contributed by atoms with Crippen LogP contribution in [0.25, 0.3) is 33.4 Å². The van der Waals surface area contributed by atoms with E-state index in [1.54, 1.807) is 0 Å². The summed E-state index contributed by atoms with van der Waals surface area (Å²) in [6.07, 6.45) is 0. The third-order valence-electron chi connectivity index (χ3n) is 7.71. The van der Waals surface area contributed by atoms with Crippen molar-refractivity contribution in [1.82, 2.24) is 0 Å². The number of hydrogen-bond acceptors (Lipinski definition) is 0. The number of fused-ring (bicyclic) bond motifs is 10. The first kappa shape index (κ1) is 18.7. The molecule has 0 aliphatic heterocycles. The predicted octanol–water partition coefficient (Wildman–Crippen LogP) is 8.31. The van der Waals surface area contributed by atoms with Crippen molar-refractivity contribution in [3.8, 4) is 33.4 Å². The SMILES string of the molecule is Cc1ccc(-c2cccc3c2-c2c(C)cccc2C32c3ccccc3-c3ccccc32)cc1. The molecule has 0 atom stereocenters. The molecule has 0 unspecified atom stereocenters. The highest BCUT2D eigenvalue weighted by Crippen LogP contribution is 2.64. The third kappa shape index (κ3) is 2.26. The molecule has 7 rings (SSSR count).